The summed E-state index contributed by atoms with van der Waals surface area (Å²) in [5.74, 6) is -0.491. The van der Waals surface area contributed by atoms with Crippen molar-refractivity contribution in [1.29, 1.82) is 0 Å². The van der Waals surface area contributed by atoms with E-state index in [2.05, 4.69) is 42.2 Å². The summed E-state index contributed by atoms with van der Waals surface area (Å²) in [7, 11) is 0. The lowest BCUT2D eigenvalue weighted by Gasteiger charge is -2.29. The minimum atomic E-state index is -0.491. The summed E-state index contributed by atoms with van der Waals surface area (Å²) < 4.78 is 0. The minimum absolute atomic E-state index is 0.444. The van der Waals surface area contributed by atoms with E-state index in [0.29, 0.717) is 5.56 Å². The van der Waals surface area contributed by atoms with Gasteiger partial charge in [-0.3, -0.25) is 14.9 Å². The van der Waals surface area contributed by atoms with Crippen molar-refractivity contribution in [2.45, 2.75) is 19.9 Å². The Morgan fingerprint density at radius 1 is 1.17 bits per heavy atom. The molecule has 1 amide bonds. The van der Waals surface area contributed by atoms with Crippen LogP contribution < -0.4 is 5.48 Å². The SMILES string of the molecule is CC(=Cc1ccc(C(=O)NO)cc1)CN1CCc2ccccc2C1. The smallest absolute Gasteiger partial charge is 0.274 e. The molecule has 1 aliphatic rings. The van der Waals surface area contributed by atoms with Crippen molar-refractivity contribution in [3.8, 4) is 0 Å². The summed E-state index contributed by atoms with van der Waals surface area (Å²) in [6.45, 7) is 5.15. The first-order valence-electron chi connectivity index (χ1n) is 8.16. The average molecular weight is 322 g/mol. The van der Waals surface area contributed by atoms with E-state index in [0.717, 1.165) is 31.6 Å². The second kappa shape index (κ2) is 7.43. The number of benzene rings is 2. The van der Waals surface area contributed by atoms with Gasteiger partial charge in [0.05, 0.1) is 0 Å². The molecule has 0 bridgehead atoms. The van der Waals surface area contributed by atoms with Gasteiger partial charge in [-0.05, 0) is 42.2 Å². The Hall–Kier alpha value is -2.43. The molecule has 0 atom stereocenters. The number of hydroxylamine groups is 1. The van der Waals surface area contributed by atoms with Crippen LogP contribution in [-0.4, -0.2) is 29.1 Å². The van der Waals surface area contributed by atoms with Gasteiger partial charge in [0.15, 0.2) is 0 Å². The van der Waals surface area contributed by atoms with Crippen molar-refractivity contribution < 1.29 is 10.0 Å². The summed E-state index contributed by atoms with van der Waals surface area (Å²) >= 11 is 0. The Bertz CT molecular complexity index is 750. The topological polar surface area (TPSA) is 52.6 Å². The van der Waals surface area contributed by atoms with Crippen molar-refractivity contribution in [2.75, 3.05) is 13.1 Å². The molecule has 0 fully saturated rings. The lowest BCUT2D eigenvalue weighted by atomic mass is 9.99. The molecule has 0 saturated carbocycles. The molecule has 24 heavy (non-hydrogen) atoms. The summed E-state index contributed by atoms with van der Waals surface area (Å²) in [4.78, 5) is 13.8. The van der Waals surface area contributed by atoms with Crippen LogP contribution in [0.5, 0.6) is 0 Å². The number of rotatable bonds is 4. The van der Waals surface area contributed by atoms with Crippen LogP contribution in [0.2, 0.25) is 0 Å². The van der Waals surface area contributed by atoms with Crippen LogP contribution in [0.1, 0.15) is 34.0 Å². The van der Waals surface area contributed by atoms with E-state index in [-0.39, 0.29) is 0 Å². The molecule has 0 aliphatic carbocycles. The van der Waals surface area contributed by atoms with Crippen LogP contribution >= 0.6 is 0 Å². The maximum absolute atomic E-state index is 11.3. The second-order valence-electron chi connectivity index (χ2n) is 6.28. The molecule has 2 aromatic carbocycles. The molecule has 2 N–H and O–H groups in total. The van der Waals surface area contributed by atoms with Crippen molar-refractivity contribution in [3.63, 3.8) is 0 Å². The van der Waals surface area contributed by atoms with E-state index in [1.54, 1.807) is 17.6 Å². The highest BCUT2D eigenvalue weighted by Gasteiger charge is 2.15. The molecule has 124 valence electrons. The molecule has 0 spiro atoms. The fourth-order valence-corrected chi connectivity index (χ4v) is 3.17. The monoisotopic (exact) mass is 322 g/mol. The molecular weight excluding hydrogens is 300 g/mol. The van der Waals surface area contributed by atoms with Crippen LogP contribution in [-0.2, 0) is 13.0 Å². The Kier molecular flexibility index (Phi) is 5.08. The number of hydrogen-bond acceptors (Lipinski definition) is 3. The first-order chi connectivity index (χ1) is 11.7. The standard InChI is InChI=1S/C20H22N2O2/c1-15(12-16-6-8-18(9-7-16)20(23)21-24)13-22-11-10-17-4-2-3-5-19(17)14-22/h2-9,12,24H,10-11,13-14H2,1H3,(H,21,23). The maximum Gasteiger partial charge on any atom is 0.274 e. The number of hydrogen-bond donors (Lipinski definition) is 2. The predicted molar refractivity (Wildman–Crippen MR) is 94.8 cm³/mol. The molecule has 0 unspecified atom stereocenters. The average Bonchev–Trinajstić information content (AvgIpc) is 2.61. The lowest BCUT2D eigenvalue weighted by Crippen LogP contribution is -2.31. The van der Waals surface area contributed by atoms with Gasteiger partial charge >= 0.3 is 0 Å². The zero-order chi connectivity index (χ0) is 16.9. The van der Waals surface area contributed by atoms with Crippen LogP contribution in [0.4, 0.5) is 0 Å². The molecule has 2 aromatic rings. The van der Waals surface area contributed by atoms with Crippen molar-refractivity contribution in [3.05, 3.63) is 76.4 Å². The first kappa shape index (κ1) is 16.4. The van der Waals surface area contributed by atoms with Gasteiger partial charge in [0.1, 0.15) is 0 Å². The summed E-state index contributed by atoms with van der Waals surface area (Å²) in [6.07, 6.45) is 3.25. The fraction of sp³-hybridized carbons (Fsp3) is 0.250. The molecule has 4 heteroatoms. The van der Waals surface area contributed by atoms with Gasteiger partial charge in [-0.25, -0.2) is 5.48 Å². The number of nitrogens with one attached hydrogen (secondary N) is 1. The van der Waals surface area contributed by atoms with E-state index in [1.807, 2.05) is 12.1 Å². The molecule has 1 heterocycles. The third kappa shape index (κ3) is 3.91. The van der Waals surface area contributed by atoms with Gasteiger partial charge in [0.2, 0.25) is 0 Å². The summed E-state index contributed by atoms with van der Waals surface area (Å²) in [5.41, 5.74) is 7.32. The van der Waals surface area contributed by atoms with Crippen LogP contribution in [0.3, 0.4) is 0 Å². The van der Waals surface area contributed by atoms with Gasteiger partial charge in [-0.15, -0.1) is 0 Å². The first-order valence-corrected chi connectivity index (χ1v) is 8.16. The van der Waals surface area contributed by atoms with Crippen molar-refractivity contribution >= 4 is 12.0 Å². The normalized spacial score (nSPS) is 15.0. The van der Waals surface area contributed by atoms with Crippen LogP contribution in [0, 0.1) is 0 Å². The molecule has 3 rings (SSSR count). The van der Waals surface area contributed by atoms with E-state index in [1.165, 1.54) is 16.7 Å². The number of carbonyl (C=O) groups excluding carboxylic acids is 1. The lowest BCUT2D eigenvalue weighted by molar-refractivity contribution is 0.0706. The minimum Gasteiger partial charge on any atom is -0.295 e. The third-order valence-electron chi connectivity index (χ3n) is 4.37. The fourth-order valence-electron chi connectivity index (χ4n) is 3.17. The number of carbonyl (C=O) groups is 1. The molecule has 4 nitrogen and oxygen atoms in total. The van der Waals surface area contributed by atoms with E-state index < -0.39 is 5.91 Å². The molecule has 0 radical (unpaired) electrons. The number of amides is 1. The zero-order valence-corrected chi connectivity index (χ0v) is 13.8. The molecule has 0 saturated heterocycles. The van der Waals surface area contributed by atoms with E-state index >= 15 is 0 Å². The highest BCUT2D eigenvalue weighted by Crippen LogP contribution is 2.19. The zero-order valence-electron chi connectivity index (χ0n) is 13.8. The number of nitrogens with zero attached hydrogens (tertiary/aromatic N) is 1. The van der Waals surface area contributed by atoms with Gasteiger partial charge in [-0.1, -0.05) is 48.0 Å². The Morgan fingerprint density at radius 3 is 2.58 bits per heavy atom. The third-order valence-corrected chi connectivity index (χ3v) is 4.37. The number of fused-ring (bicyclic) bond motifs is 1. The highest BCUT2D eigenvalue weighted by atomic mass is 16.5. The van der Waals surface area contributed by atoms with Crippen molar-refractivity contribution in [1.82, 2.24) is 10.4 Å². The molecule has 0 aromatic heterocycles. The summed E-state index contributed by atoms with van der Waals surface area (Å²) in [5, 5.41) is 8.64. The van der Waals surface area contributed by atoms with E-state index in [9.17, 15) is 4.79 Å². The molecule has 1 aliphatic heterocycles. The van der Waals surface area contributed by atoms with E-state index in [4.69, 9.17) is 5.21 Å². The van der Waals surface area contributed by atoms with Gasteiger partial charge in [0.25, 0.3) is 5.91 Å². The maximum atomic E-state index is 11.3. The largest absolute Gasteiger partial charge is 0.295 e. The van der Waals surface area contributed by atoms with Crippen molar-refractivity contribution in [2.24, 2.45) is 0 Å². The quantitative estimate of drug-likeness (QED) is 0.671. The second-order valence-corrected chi connectivity index (χ2v) is 6.28. The van der Waals surface area contributed by atoms with Crippen LogP contribution in [0.15, 0.2) is 54.1 Å². The Balaban J connectivity index is 1.63. The van der Waals surface area contributed by atoms with Crippen LogP contribution in [0.25, 0.3) is 6.08 Å². The predicted octanol–water partition coefficient (Wildman–Crippen LogP) is 3.27. The molecular formula is C20H22N2O2. The highest BCUT2D eigenvalue weighted by molar-refractivity contribution is 5.93. The summed E-state index contributed by atoms with van der Waals surface area (Å²) in [6, 6.07) is 15.9. The van der Waals surface area contributed by atoms with Gasteiger partial charge in [0, 0.05) is 25.2 Å². The Morgan fingerprint density at radius 2 is 1.88 bits per heavy atom. The van der Waals surface area contributed by atoms with Gasteiger partial charge < -0.3 is 0 Å². The van der Waals surface area contributed by atoms with Gasteiger partial charge in [-0.2, -0.15) is 0 Å². The Labute approximate surface area is 142 Å².